The first kappa shape index (κ1) is 10.8. The van der Waals surface area contributed by atoms with Gasteiger partial charge in [0.1, 0.15) is 11.5 Å². The lowest BCUT2D eigenvalue weighted by Gasteiger charge is -1.99. The summed E-state index contributed by atoms with van der Waals surface area (Å²) < 4.78 is 13.5. The van der Waals surface area contributed by atoms with E-state index in [1.54, 1.807) is 18.5 Å². The van der Waals surface area contributed by atoms with Gasteiger partial charge < -0.3 is 10.7 Å². The van der Waals surface area contributed by atoms with Crippen LogP contribution in [0.2, 0.25) is 0 Å². The fraction of sp³-hybridized carbons (Fsp3) is 0.0833. The Morgan fingerprint density at radius 2 is 2.17 bits per heavy atom. The summed E-state index contributed by atoms with van der Waals surface area (Å²) in [6, 6.07) is 4.89. The Balaban J connectivity index is 2.16. The van der Waals surface area contributed by atoms with Crippen LogP contribution >= 0.6 is 0 Å². The smallest absolute Gasteiger partial charge is 0.164 e. The predicted molar refractivity (Wildman–Crippen MR) is 65.0 cm³/mol. The first-order valence-corrected chi connectivity index (χ1v) is 5.44. The maximum absolute atomic E-state index is 13.5. The molecule has 3 rings (SSSR count). The maximum Gasteiger partial charge on any atom is 0.164 e. The third-order valence-electron chi connectivity index (χ3n) is 2.73. The highest BCUT2D eigenvalue weighted by Crippen LogP contribution is 2.27. The van der Waals surface area contributed by atoms with Crippen molar-refractivity contribution in [3.05, 3.63) is 42.2 Å². The minimum Gasteiger partial charge on any atom is -0.358 e. The van der Waals surface area contributed by atoms with Crippen molar-refractivity contribution in [2.45, 2.75) is 6.54 Å². The van der Waals surface area contributed by atoms with Gasteiger partial charge >= 0.3 is 0 Å². The molecule has 0 radical (unpaired) electrons. The molecule has 0 aliphatic carbocycles. The molecule has 0 saturated heterocycles. The van der Waals surface area contributed by atoms with Gasteiger partial charge in [0, 0.05) is 17.1 Å². The van der Waals surface area contributed by atoms with E-state index in [4.69, 9.17) is 5.73 Å². The van der Waals surface area contributed by atoms with Crippen LogP contribution in [-0.4, -0.2) is 20.2 Å². The minimum absolute atomic E-state index is 0.246. The SMILES string of the molecule is NCc1ncc(-c2c[nH]c3c(F)cccc23)nn1. The third-order valence-corrected chi connectivity index (χ3v) is 2.73. The summed E-state index contributed by atoms with van der Waals surface area (Å²) in [5.74, 6) is 0.183. The van der Waals surface area contributed by atoms with Crippen molar-refractivity contribution < 1.29 is 4.39 Å². The van der Waals surface area contributed by atoms with Gasteiger partial charge in [-0.05, 0) is 6.07 Å². The van der Waals surface area contributed by atoms with E-state index in [-0.39, 0.29) is 12.4 Å². The Morgan fingerprint density at radius 3 is 2.89 bits per heavy atom. The Bertz CT molecular complexity index is 689. The van der Waals surface area contributed by atoms with Gasteiger partial charge in [0.05, 0.1) is 18.3 Å². The van der Waals surface area contributed by atoms with Gasteiger partial charge in [-0.25, -0.2) is 9.37 Å². The molecule has 5 nitrogen and oxygen atoms in total. The lowest BCUT2D eigenvalue weighted by molar-refractivity contribution is 0.637. The Morgan fingerprint density at radius 1 is 1.28 bits per heavy atom. The summed E-state index contributed by atoms with van der Waals surface area (Å²) in [7, 11) is 0. The number of fused-ring (bicyclic) bond motifs is 1. The molecular weight excluding hydrogens is 233 g/mol. The van der Waals surface area contributed by atoms with Crippen LogP contribution in [0.4, 0.5) is 4.39 Å². The molecule has 6 heteroatoms. The number of H-pyrrole nitrogens is 1. The predicted octanol–water partition coefficient (Wildman–Crippen LogP) is 1.62. The van der Waals surface area contributed by atoms with Crippen LogP contribution in [0.1, 0.15) is 5.82 Å². The van der Waals surface area contributed by atoms with E-state index in [2.05, 4.69) is 20.2 Å². The van der Waals surface area contributed by atoms with Crippen molar-refractivity contribution in [1.82, 2.24) is 20.2 Å². The summed E-state index contributed by atoms with van der Waals surface area (Å²) >= 11 is 0. The molecule has 0 aliphatic rings. The van der Waals surface area contributed by atoms with Crippen LogP contribution < -0.4 is 5.73 Å². The van der Waals surface area contributed by atoms with E-state index in [0.29, 0.717) is 17.0 Å². The van der Waals surface area contributed by atoms with Gasteiger partial charge in [0.2, 0.25) is 0 Å². The average molecular weight is 243 g/mol. The Kier molecular flexibility index (Phi) is 2.49. The number of aromatic amines is 1. The standard InChI is InChI=1S/C12H10FN5/c13-9-3-1-2-7-8(5-16-12(7)9)10-6-15-11(4-14)18-17-10/h1-3,5-6,16H,4,14H2. The second-order valence-electron chi connectivity index (χ2n) is 3.83. The molecular formula is C12H10FN5. The lowest BCUT2D eigenvalue weighted by atomic mass is 10.1. The number of benzene rings is 1. The summed E-state index contributed by atoms with van der Waals surface area (Å²) in [5, 5.41) is 8.68. The Labute approximate surface area is 102 Å². The van der Waals surface area contributed by atoms with E-state index >= 15 is 0 Å². The van der Waals surface area contributed by atoms with Gasteiger partial charge in [-0.1, -0.05) is 12.1 Å². The summed E-state index contributed by atoms with van der Waals surface area (Å²) in [4.78, 5) is 6.96. The molecule has 0 fully saturated rings. The van der Waals surface area contributed by atoms with Crippen LogP contribution in [0.3, 0.4) is 0 Å². The van der Waals surface area contributed by atoms with Gasteiger partial charge in [-0.15, -0.1) is 10.2 Å². The van der Waals surface area contributed by atoms with Gasteiger partial charge in [-0.2, -0.15) is 0 Å². The number of halogens is 1. The second kappa shape index (κ2) is 4.15. The number of para-hydroxylation sites is 1. The van der Waals surface area contributed by atoms with Crippen LogP contribution in [0.25, 0.3) is 22.2 Å². The lowest BCUT2D eigenvalue weighted by Crippen LogP contribution is -2.04. The molecule has 90 valence electrons. The first-order chi connectivity index (χ1) is 8.79. The highest BCUT2D eigenvalue weighted by Gasteiger charge is 2.10. The van der Waals surface area contributed by atoms with Crippen molar-refractivity contribution in [2.75, 3.05) is 0 Å². The molecule has 0 spiro atoms. The largest absolute Gasteiger partial charge is 0.358 e. The summed E-state index contributed by atoms with van der Waals surface area (Å²) in [6.45, 7) is 0.246. The van der Waals surface area contributed by atoms with Crippen LogP contribution in [-0.2, 0) is 6.54 Å². The highest BCUT2D eigenvalue weighted by atomic mass is 19.1. The molecule has 0 unspecified atom stereocenters. The fourth-order valence-electron chi connectivity index (χ4n) is 1.85. The zero-order valence-electron chi connectivity index (χ0n) is 9.39. The number of nitrogens with zero attached hydrogens (tertiary/aromatic N) is 3. The number of nitrogens with two attached hydrogens (primary N) is 1. The second-order valence-corrected chi connectivity index (χ2v) is 3.83. The number of aromatic nitrogens is 4. The molecule has 3 aromatic rings. The number of hydrogen-bond donors (Lipinski definition) is 2. The van der Waals surface area contributed by atoms with E-state index in [9.17, 15) is 4.39 Å². The van der Waals surface area contributed by atoms with Crippen molar-refractivity contribution in [1.29, 1.82) is 0 Å². The molecule has 0 bridgehead atoms. The maximum atomic E-state index is 13.5. The monoisotopic (exact) mass is 243 g/mol. The molecule has 1 aromatic carbocycles. The quantitative estimate of drug-likeness (QED) is 0.716. The zero-order valence-corrected chi connectivity index (χ0v) is 9.39. The molecule has 0 atom stereocenters. The molecule has 2 heterocycles. The van der Waals surface area contributed by atoms with E-state index in [0.717, 1.165) is 10.9 Å². The molecule has 0 amide bonds. The number of hydrogen-bond acceptors (Lipinski definition) is 4. The molecule has 2 aromatic heterocycles. The van der Waals surface area contributed by atoms with Crippen LogP contribution in [0, 0.1) is 5.82 Å². The number of nitrogens with one attached hydrogen (secondary N) is 1. The summed E-state index contributed by atoms with van der Waals surface area (Å²) in [6.07, 6.45) is 3.28. The van der Waals surface area contributed by atoms with Crippen molar-refractivity contribution in [2.24, 2.45) is 5.73 Å². The van der Waals surface area contributed by atoms with Crippen molar-refractivity contribution in [3.63, 3.8) is 0 Å². The topological polar surface area (TPSA) is 80.5 Å². The first-order valence-electron chi connectivity index (χ1n) is 5.44. The molecule has 0 aliphatic heterocycles. The van der Waals surface area contributed by atoms with Crippen molar-refractivity contribution >= 4 is 10.9 Å². The summed E-state index contributed by atoms with van der Waals surface area (Å²) in [5.41, 5.74) is 7.22. The van der Waals surface area contributed by atoms with E-state index in [1.165, 1.54) is 6.07 Å². The minimum atomic E-state index is -0.293. The van der Waals surface area contributed by atoms with Gasteiger partial charge in [0.15, 0.2) is 5.82 Å². The Hall–Kier alpha value is -2.34. The zero-order chi connectivity index (χ0) is 12.5. The molecule has 3 N–H and O–H groups in total. The molecule has 0 saturated carbocycles. The highest BCUT2D eigenvalue weighted by molar-refractivity contribution is 5.94. The van der Waals surface area contributed by atoms with Gasteiger partial charge in [0.25, 0.3) is 0 Å². The fourth-order valence-corrected chi connectivity index (χ4v) is 1.85. The third kappa shape index (κ3) is 1.63. The van der Waals surface area contributed by atoms with Crippen molar-refractivity contribution in [3.8, 4) is 11.3 Å². The van der Waals surface area contributed by atoms with Gasteiger partial charge in [-0.3, -0.25) is 0 Å². The number of rotatable bonds is 2. The van der Waals surface area contributed by atoms with Crippen LogP contribution in [0.15, 0.2) is 30.6 Å². The van der Waals surface area contributed by atoms with Crippen LogP contribution in [0.5, 0.6) is 0 Å². The van der Waals surface area contributed by atoms with E-state index in [1.807, 2.05) is 6.07 Å². The average Bonchev–Trinajstić information content (AvgIpc) is 2.84. The normalized spacial score (nSPS) is 11.0. The van der Waals surface area contributed by atoms with E-state index < -0.39 is 0 Å². The molecule has 18 heavy (non-hydrogen) atoms.